The van der Waals surface area contributed by atoms with E-state index in [1.165, 1.54) is 24.3 Å². The summed E-state index contributed by atoms with van der Waals surface area (Å²) in [7, 11) is 1.15. The summed E-state index contributed by atoms with van der Waals surface area (Å²) in [6.07, 6.45) is 0. The van der Waals surface area contributed by atoms with Gasteiger partial charge in [-0.1, -0.05) is 18.7 Å². The molecule has 0 aliphatic rings. The van der Waals surface area contributed by atoms with E-state index in [0.717, 1.165) is 19.2 Å². The predicted molar refractivity (Wildman–Crippen MR) is 78.1 cm³/mol. The van der Waals surface area contributed by atoms with Gasteiger partial charge < -0.3 is 9.47 Å². The van der Waals surface area contributed by atoms with Gasteiger partial charge >= 0.3 is 11.3 Å². The summed E-state index contributed by atoms with van der Waals surface area (Å²) in [5.74, 6) is -2.34. The van der Waals surface area contributed by atoms with Crippen LogP contribution in [0.3, 0.4) is 0 Å². The van der Waals surface area contributed by atoms with Gasteiger partial charge in [0.2, 0.25) is 0 Å². The highest BCUT2D eigenvalue weighted by Gasteiger charge is 2.17. The smallest absolute Gasteiger partial charge is 0.369 e. The zero-order valence-corrected chi connectivity index (χ0v) is 12.2. The maximum absolute atomic E-state index is 13.8. The number of methoxy groups -OCH3 is 1. The third kappa shape index (κ3) is 3.43. The molecule has 2 aromatic carbocycles. The predicted octanol–water partition coefficient (Wildman–Crippen LogP) is 3.85. The number of hydrogen-bond donors (Lipinski definition) is 1. The second-order valence-corrected chi connectivity index (χ2v) is 4.56. The van der Waals surface area contributed by atoms with E-state index in [1.807, 2.05) is 0 Å². The molecule has 0 radical (unpaired) electrons. The van der Waals surface area contributed by atoms with Crippen LogP contribution in [0.2, 0.25) is 0 Å². The average Bonchev–Trinajstić information content (AvgIpc) is 2.46. The van der Waals surface area contributed by atoms with Crippen LogP contribution in [0.4, 0.5) is 13.6 Å². The van der Waals surface area contributed by atoms with Gasteiger partial charge in [0.25, 0.3) is 0 Å². The minimum Gasteiger partial charge on any atom is -0.465 e. The normalized spacial score (nSPS) is 10.2. The Bertz CT molecular complexity index is 746. The molecule has 0 fully saturated rings. The van der Waals surface area contributed by atoms with Crippen LogP contribution in [0.15, 0.2) is 36.4 Å². The lowest BCUT2D eigenvalue weighted by Crippen LogP contribution is -2.07. The second-order valence-electron chi connectivity index (χ2n) is 4.19. The van der Waals surface area contributed by atoms with Gasteiger partial charge in [0, 0.05) is 11.6 Å². The van der Waals surface area contributed by atoms with Crippen molar-refractivity contribution in [2.24, 2.45) is 0 Å². The first-order chi connectivity index (χ1) is 10.4. The standard InChI is InChI=1S/C15H10F2O4S/c1-20-14(18)11-6-8(2-5-13(11)21-15(19)22)10-4-3-9(16)7-12(10)17/h2-7H,1H3,(H,19,22). The van der Waals surface area contributed by atoms with E-state index in [4.69, 9.17) is 4.74 Å². The highest BCUT2D eigenvalue weighted by atomic mass is 32.1. The van der Waals surface area contributed by atoms with E-state index < -0.39 is 22.9 Å². The molecule has 0 unspecified atom stereocenters. The highest BCUT2D eigenvalue weighted by Crippen LogP contribution is 2.29. The molecular weight excluding hydrogens is 314 g/mol. The fraction of sp³-hybridized carbons (Fsp3) is 0.0667. The Balaban J connectivity index is 2.54. The van der Waals surface area contributed by atoms with Crippen LogP contribution >= 0.6 is 12.6 Å². The molecule has 0 amide bonds. The zero-order valence-electron chi connectivity index (χ0n) is 11.3. The second kappa shape index (κ2) is 6.57. The van der Waals surface area contributed by atoms with Gasteiger partial charge in [-0.2, -0.15) is 0 Å². The van der Waals surface area contributed by atoms with Crippen molar-refractivity contribution in [2.75, 3.05) is 7.11 Å². The molecular formula is C15H10F2O4S. The van der Waals surface area contributed by atoms with Crippen molar-refractivity contribution in [3.63, 3.8) is 0 Å². The van der Waals surface area contributed by atoms with Gasteiger partial charge in [-0.25, -0.2) is 18.4 Å². The van der Waals surface area contributed by atoms with Crippen molar-refractivity contribution >= 4 is 23.9 Å². The quantitative estimate of drug-likeness (QED) is 0.688. The van der Waals surface area contributed by atoms with E-state index >= 15 is 0 Å². The molecule has 0 saturated heterocycles. The molecule has 2 rings (SSSR count). The van der Waals surface area contributed by atoms with Gasteiger partial charge in [0.05, 0.1) is 7.11 Å². The Kier molecular flexibility index (Phi) is 4.77. The third-order valence-electron chi connectivity index (χ3n) is 2.82. The molecule has 7 heteroatoms. The van der Waals surface area contributed by atoms with Crippen molar-refractivity contribution in [3.8, 4) is 16.9 Å². The first kappa shape index (κ1) is 16.0. The van der Waals surface area contributed by atoms with Crippen molar-refractivity contribution in [3.05, 3.63) is 53.6 Å². The summed E-state index contributed by atoms with van der Waals surface area (Å²) >= 11 is 3.46. The maximum atomic E-state index is 13.8. The Morgan fingerprint density at radius 1 is 1.09 bits per heavy atom. The molecule has 2 aromatic rings. The Labute approximate surface area is 130 Å². The van der Waals surface area contributed by atoms with Gasteiger partial charge in [-0.05, 0) is 29.8 Å². The van der Waals surface area contributed by atoms with Crippen molar-refractivity contribution in [1.29, 1.82) is 0 Å². The molecule has 0 heterocycles. The Morgan fingerprint density at radius 3 is 2.41 bits per heavy atom. The van der Waals surface area contributed by atoms with Gasteiger partial charge in [-0.15, -0.1) is 0 Å². The fourth-order valence-electron chi connectivity index (χ4n) is 1.87. The van der Waals surface area contributed by atoms with E-state index in [-0.39, 0.29) is 16.9 Å². The largest absolute Gasteiger partial charge is 0.465 e. The molecule has 4 nitrogen and oxygen atoms in total. The number of rotatable bonds is 3. The minimum absolute atomic E-state index is 0.0712. The molecule has 114 valence electrons. The van der Waals surface area contributed by atoms with Crippen LogP contribution in [0.1, 0.15) is 10.4 Å². The van der Waals surface area contributed by atoms with E-state index in [0.29, 0.717) is 5.56 Å². The molecule has 0 atom stereocenters. The van der Waals surface area contributed by atoms with Gasteiger partial charge in [0.15, 0.2) is 0 Å². The average molecular weight is 324 g/mol. The third-order valence-corrected chi connectivity index (χ3v) is 2.92. The molecule has 0 aromatic heterocycles. The molecule has 0 bridgehead atoms. The number of esters is 1. The summed E-state index contributed by atoms with van der Waals surface area (Å²) in [6.45, 7) is 0. The molecule has 0 spiro atoms. The van der Waals surface area contributed by atoms with Crippen LogP contribution in [-0.2, 0) is 4.74 Å². The number of ether oxygens (including phenoxy) is 2. The summed E-state index contributed by atoms with van der Waals surface area (Å²) in [4.78, 5) is 22.7. The molecule has 0 N–H and O–H groups in total. The lowest BCUT2D eigenvalue weighted by atomic mass is 10.0. The van der Waals surface area contributed by atoms with E-state index in [2.05, 4.69) is 17.4 Å². The van der Waals surface area contributed by atoms with E-state index in [1.54, 1.807) is 0 Å². The Morgan fingerprint density at radius 2 is 1.82 bits per heavy atom. The molecule has 0 aliphatic carbocycles. The van der Waals surface area contributed by atoms with Crippen molar-refractivity contribution < 1.29 is 27.8 Å². The lowest BCUT2D eigenvalue weighted by Gasteiger charge is -2.10. The molecule has 22 heavy (non-hydrogen) atoms. The van der Waals surface area contributed by atoms with Crippen LogP contribution in [0.25, 0.3) is 11.1 Å². The molecule has 0 saturated carbocycles. The maximum Gasteiger partial charge on any atom is 0.369 e. The Hall–Kier alpha value is -2.41. The fourth-order valence-corrected chi connectivity index (χ4v) is 1.97. The summed E-state index contributed by atoms with van der Waals surface area (Å²) < 4.78 is 36.1. The first-order valence-electron chi connectivity index (χ1n) is 6.01. The highest BCUT2D eigenvalue weighted by molar-refractivity contribution is 7.96. The van der Waals surface area contributed by atoms with E-state index in [9.17, 15) is 18.4 Å². The number of carbonyl (C=O) groups excluding carboxylic acids is 2. The monoisotopic (exact) mass is 324 g/mol. The number of hydrogen-bond acceptors (Lipinski definition) is 4. The topological polar surface area (TPSA) is 52.6 Å². The first-order valence-corrected chi connectivity index (χ1v) is 6.45. The van der Waals surface area contributed by atoms with Gasteiger partial charge in [0.1, 0.15) is 22.9 Å². The number of carbonyl (C=O) groups is 2. The number of halogens is 2. The molecule has 0 aliphatic heterocycles. The minimum atomic E-state index is -0.911. The van der Waals surface area contributed by atoms with Crippen LogP contribution < -0.4 is 4.74 Å². The lowest BCUT2D eigenvalue weighted by molar-refractivity contribution is 0.0598. The summed E-state index contributed by atoms with van der Waals surface area (Å²) in [5.41, 5.74) is 0.318. The number of benzene rings is 2. The van der Waals surface area contributed by atoms with Gasteiger partial charge in [-0.3, -0.25) is 0 Å². The SMILES string of the molecule is COC(=O)c1cc(-c2ccc(F)cc2F)ccc1OC(=O)S. The van der Waals surface area contributed by atoms with Crippen LogP contribution in [0, 0.1) is 11.6 Å². The van der Waals surface area contributed by atoms with Crippen LogP contribution in [-0.4, -0.2) is 18.4 Å². The van der Waals surface area contributed by atoms with Crippen molar-refractivity contribution in [2.45, 2.75) is 0 Å². The summed E-state index contributed by atoms with van der Waals surface area (Å²) in [5, 5.41) is -0.911. The zero-order chi connectivity index (χ0) is 16.3. The van der Waals surface area contributed by atoms with Crippen LogP contribution in [0.5, 0.6) is 5.75 Å². The summed E-state index contributed by atoms with van der Waals surface area (Å²) in [6, 6.07) is 7.08. The van der Waals surface area contributed by atoms with Crippen molar-refractivity contribution in [1.82, 2.24) is 0 Å². The number of thiol groups is 1.